The Labute approximate surface area is 99.0 Å². The fraction of sp³-hybridized carbons (Fsp3) is 0.571. The van der Waals surface area contributed by atoms with Crippen molar-refractivity contribution in [2.45, 2.75) is 26.7 Å². The van der Waals surface area contributed by atoms with Gasteiger partial charge in [-0.2, -0.15) is 0 Å². The van der Waals surface area contributed by atoms with Crippen molar-refractivity contribution in [2.75, 3.05) is 20.2 Å². The van der Waals surface area contributed by atoms with Crippen LogP contribution >= 0.6 is 0 Å². The number of nitrogens with one attached hydrogen (secondary N) is 1. The first-order valence-corrected chi connectivity index (χ1v) is 6.16. The maximum absolute atomic E-state index is 5.43. The SMILES string of the molecule is CCOc1ccc(CC(CC)CNC)cc1. The van der Waals surface area contributed by atoms with Crippen molar-refractivity contribution in [3.63, 3.8) is 0 Å². The first kappa shape index (κ1) is 13.0. The van der Waals surface area contributed by atoms with Crippen LogP contribution in [0.3, 0.4) is 0 Å². The summed E-state index contributed by atoms with van der Waals surface area (Å²) in [5.74, 6) is 1.69. The number of hydrogen-bond acceptors (Lipinski definition) is 2. The summed E-state index contributed by atoms with van der Waals surface area (Å²) in [6, 6.07) is 8.46. The summed E-state index contributed by atoms with van der Waals surface area (Å²) in [6.45, 7) is 6.07. The molecule has 2 nitrogen and oxygen atoms in total. The van der Waals surface area contributed by atoms with Gasteiger partial charge in [-0.25, -0.2) is 0 Å². The van der Waals surface area contributed by atoms with E-state index in [0.29, 0.717) is 0 Å². The quantitative estimate of drug-likeness (QED) is 0.764. The Morgan fingerprint density at radius 2 is 1.88 bits per heavy atom. The van der Waals surface area contributed by atoms with Crippen molar-refractivity contribution in [1.82, 2.24) is 5.32 Å². The molecule has 2 heteroatoms. The summed E-state index contributed by atoms with van der Waals surface area (Å²) in [5, 5.41) is 3.25. The Balaban J connectivity index is 2.53. The zero-order valence-electron chi connectivity index (χ0n) is 10.6. The summed E-state index contributed by atoms with van der Waals surface area (Å²) in [5.41, 5.74) is 1.39. The highest BCUT2D eigenvalue weighted by atomic mass is 16.5. The molecule has 90 valence electrons. The molecule has 0 saturated carbocycles. The smallest absolute Gasteiger partial charge is 0.119 e. The predicted octanol–water partition coefficient (Wildman–Crippen LogP) is 2.87. The van der Waals surface area contributed by atoms with E-state index < -0.39 is 0 Å². The van der Waals surface area contributed by atoms with Crippen molar-refractivity contribution in [1.29, 1.82) is 0 Å². The minimum absolute atomic E-state index is 0.725. The fourth-order valence-corrected chi connectivity index (χ4v) is 1.87. The van der Waals surface area contributed by atoms with E-state index in [0.717, 1.165) is 31.2 Å². The van der Waals surface area contributed by atoms with Crippen LogP contribution in [0.25, 0.3) is 0 Å². The van der Waals surface area contributed by atoms with Gasteiger partial charge in [-0.05, 0) is 50.6 Å². The second kappa shape index (κ2) is 7.29. The van der Waals surface area contributed by atoms with Gasteiger partial charge in [0.25, 0.3) is 0 Å². The van der Waals surface area contributed by atoms with Crippen LogP contribution in [0.1, 0.15) is 25.8 Å². The Hall–Kier alpha value is -1.02. The van der Waals surface area contributed by atoms with E-state index >= 15 is 0 Å². The molecule has 0 amide bonds. The maximum Gasteiger partial charge on any atom is 0.119 e. The summed E-state index contributed by atoms with van der Waals surface area (Å²) in [6.07, 6.45) is 2.36. The molecule has 1 rings (SSSR count). The maximum atomic E-state index is 5.43. The molecule has 0 aliphatic rings. The van der Waals surface area contributed by atoms with E-state index in [2.05, 4.69) is 36.5 Å². The lowest BCUT2D eigenvalue weighted by Gasteiger charge is -2.14. The molecule has 0 fully saturated rings. The van der Waals surface area contributed by atoms with E-state index in [1.165, 1.54) is 12.0 Å². The van der Waals surface area contributed by atoms with Crippen LogP contribution in [0.2, 0.25) is 0 Å². The lowest BCUT2D eigenvalue weighted by molar-refractivity contribution is 0.340. The molecule has 16 heavy (non-hydrogen) atoms. The van der Waals surface area contributed by atoms with Crippen molar-refractivity contribution in [2.24, 2.45) is 5.92 Å². The lowest BCUT2D eigenvalue weighted by atomic mass is 9.97. The van der Waals surface area contributed by atoms with Crippen LogP contribution in [0.15, 0.2) is 24.3 Å². The zero-order chi connectivity index (χ0) is 11.8. The second-order valence-electron chi connectivity index (χ2n) is 4.11. The monoisotopic (exact) mass is 221 g/mol. The van der Waals surface area contributed by atoms with Gasteiger partial charge in [-0.3, -0.25) is 0 Å². The van der Waals surface area contributed by atoms with E-state index in [1.807, 2.05) is 14.0 Å². The van der Waals surface area contributed by atoms with Gasteiger partial charge in [0.2, 0.25) is 0 Å². The van der Waals surface area contributed by atoms with Crippen molar-refractivity contribution in [3.8, 4) is 5.75 Å². The van der Waals surface area contributed by atoms with Crippen molar-refractivity contribution < 1.29 is 4.74 Å². The first-order valence-electron chi connectivity index (χ1n) is 6.16. The average Bonchev–Trinajstić information content (AvgIpc) is 2.31. The summed E-state index contributed by atoms with van der Waals surface area (Å²) in [7, 11) is 2.01. The molecule has 0 aliphatic carbocycles. The standard InChI is InChI=1S/C14H23NO/c1-4-12(11-15-3)10-13-6-8-14(9-7-13)16-5-2/h6-9,12,15H,4-5,10-11H2,1-3H3. The third-order valence-corrected chi connectivity index (χ3v) is 2.83. The summed E-state index contributed by atoms with van der Waals surface area (Å²) >= 11 is 0. The number of hydrogen-bond donors (Lipinski definition) is 1. The molecule has 1 N–H and O–H groups in total. The van der Waals surface area contributed by atoms with Crippen LogP contribution in [0.5, 0.6) is 5.75 Å². The molecule has 1 aromatic rings. The molecule has 1 unspecified atom stereocenters. The van der Waals surface area contributed by atoms with E-state index in [1.54, 1.807) is 0 Å². The highest BCUT2D eigenvalue weighted by Crippen LogP contribution is 2.16. The van der Waals surface area contributed by atoms with Gasteiger partial charge < -0.3 is 10.1 Å². The van der Waals surface area contributed by atoms with Gasteiger partial charge >= 0.3 is 0 Å². The second-order valence-corrected chi connectivity index (χ2v) is 4.11. The normalized spacial score (nSPS) is 12.4. The minimum Gasteiger partial charge on any atom is -0.494 e. The van der Waals surface area contributed by atoms with Gasteiger partial charge in [0, 0.05) is 0 Å². The average molecular weight is 221 g/mol. The van der Waals surface area contributed by atoms with Gasteiger partial charge in [-0.15, -0.1) is 0 Å². The highest BCUT2D eigenvalue weighted by molar-refractivity contribution is 5.27. The van der Waals surface area contributed by atoms with E-state index in [4.69, 9.17) is 4.74 Å². The molecular weight excluding hydrogens is 198 g/mol. The van der Waals surface area contributed by atoms with E-state index in [9.17, 15) is 0 Å². The molecule has 0 radical (unpaired) electrons. The van der Waals surface area contributed by atoms with Crippen molar-refractivity contribution in [3.05, 3.63) is 29.8 Å². The Bertz CT molecular complexity index is 281. The molecule has 1 aromatic carbocycles. The largest absolute Gasteiger partial charge is 0.494 e. The summed E-state index contributed by atoms with van der Waals surface area (Å²) in [4.78, 5) is 0. The molecule has 0 saturated heterocycles. The molecule has 1 atom stereocenters. The lowest BCUT2D eigenvalue weighted by Crippen LogP contribution is -2.20. The topological polar surface area (TPSA) is 21.3 Å². The Morgan fingerprint density at radius 3 is 2.38 bits per heavy atom. The number of ether oxygens (including phenoxy) is 1. The molecule has 0 aromatic heterocycles. The first-order chi connectivity index (χ1) is 7.80. The van der Waals surface area contributed by atoms with Gasteiger partial charge in [-0.1, -0.05) is 25.5 Å². The molecule has 0 bridgehead atoms. The van der Waals surface area contributed by atoms with Crippen LogP contribution in [-0.4, -0.2) is 20.2 Å². The Kier molecular flexibility index (Phi) is 5.94. The Morgan fingerprint density at radius 1 is 1.19 bits per heavy atom. The van der Waals surface area contributed by atoms with Crippen LogP contribution in [0, 0.1) is 5.92 Å². The van der Waals surface area contributed by atoms with Gasteiger partial charge in [0.05, 0.1) is 6.61 Å². The molecule has 0 heterocycles. The third-order valence-electron chi connectivity index (χ3n) is 2.83. The molecule has 0 spiro atoms. The number of benzene rings is 1. The fourth-order valence-electron chi connectivity index (χ4n) is 1.87. The number of rotatable bonds is 7. The predicted molar refractivity (Wildman–Crippen MR) is 69.0 cm³/mol. The molecular formula is C14H23NO. The van der Waals surface area contributed by atoms with Gasteiger partial charge in [0.15, 0.2) is 0 Å². The van der Waals surface area contributed by atoms with Crippen LogP contribution in [-0.2, 0) is 6.42 Å². The summed E-state index contributed by atoms with van der Waals surface area (Å²) < 4.78 is 5.43. The van der Waals surface area contributed by atoms with Crippen LogP contribution < -0.4 is 10.1 Å². The third kappa shape index (κ3) is 4.23. The van der Waals surface area contributed by atoms with Crippen LogP contribution in [0.4, 0.5) is 0 Å². The van der Waals surface area contributed by atoms with E-state index in [-0.39, 0.29) is 0 Å². The van der Waals surface area contributed by atoms with Gasteiger partial charge in [0.1, 0.15) is 5.75 Å². The minimum atomic E-state index is 0.725. The highest BCUT2D eigenvalue weighted by Gasteiger charge is 2.06. The van der Waals surface area contributed by atoms with Crippen molar-refractivity contribution >= 4 is 0 Å². The zero-order valence-corrected chi connectivity index (χ0v) is 10.6. The molecule has 0 aliphatic heterocycles.